The summed E-state index contributed by atoms with van der Waals surface area (Å²) in [7, 11) is 1.74. The van der Waals surface area contributed by atoms with Gasteiger partial charge in [0.2, 0.25) is 0 Å². The van der Waals surface area contributed by atoms with Crippen molar-refractivity contribution in [1.29, 1.82) is 0 Å². The second-order valence-corrected chi connectivity index (χ2v) is 4.57. The fourth-order valence-electron chi connectivity index (χ4n) is 1.61. The Morgan fingerprint density at radius 1 is 1.38 bits per heavy atom. The molecule has 0 saturated heterocycles. The Bertz CT molecular complexity index is 441. The van der Waals surface area contributed by atoms with E-state index in [1.807, 2.05) is 6.20 Å². The molecule has 0 aliphatic carbocycles. The lowest BCUT2D eigenvalue weighted by atomic mass is 10.3. The lowest BCUT2D eigenvalue weighted by Gasteiger charge is -2.06. The number of anilines is 1. The van der Waals surface area contributed by atoms with Gasteiger partial charge in [-0.1, -0.05) is 0 Å². The van der Waals surface area contributed by atoms with Crippen LogP contribution in [-0.2, 0) is 4.74 Å². The first-order valence-electron chi connectivity index (χ1n) is 5.47. The van der Waals surface area contributed by atoms with Crippen LogP contribution >= 0.6 is 11.3 Å². The zero-order valence-corrected chi connectivity index (χ0v) is 10.2. The topological polar surface area (TPSA) is 34.1 Å². The molecule has 3 nitrogen and oxygen atoms in total. The number of nitrogens with zero attached hydrogens (tertiary/aromatic N) is 1. The first kappa shape index (κ1) is 11.4. The number of unbranched alkanes of at least 4 members (excludes halogenated alkanes) is 1. The normalized spacial score (nSPS) is 10.8. The van der Waals surface area contributed by atoms with Crippen LogP contribution in [0, 0.1) is 0 Å². The molecule has 86 valence electrons. The molecule has 2 heterocycles. The Kier molecular flexibility index (Phi) is 4.13. The minimum Gasteiger partial charge on any atom is -0.385 e. The third-order valence-corrected chi connectivity index (χ3v) is 3.33. The highest BCUT2D eigenvalue weighted by Gasteiger charge is 2.01. The summed E-state index contributed by atoms with van der Waals surface area (Å²) in [6.45, 7) is 1.78. The molecule has 0 saturated carbocycles. The van der Waals surface area contributed by atoms with Gasteiger partial charge in [0.1, 0.15) is 5.82 Å². The predicted molar refractivity (Wildman–Crippen MR) is 69.2 cm³/mol. The van der Waals surface area contributed by atoms with Crippen molar-refractivity contribution < 1.29 is 4.74 Å². The number of fused-ring (bicyclic) bond motifs is 1. The molecule has 0 amide bonds. The number of ether oxygens (including phenoxy) is 1. The molecule has 2 aromatic heterocycles. The Morgan fingerprint density at radius 2 is 2.31 bits per heavy atom. The molecule has 2 aromatic rings. The van der Waals surface area contributed by atoms with E-state index in [0.29, 0.717) is 0 Å². The Hall–Kier alpha value is -1.13. The number of aromatic nitrogens is 1. The fourth-order valence-corrected chi connectivity index (χ4v) is 2.40. The summed E-state index contributed by atoms with van der Waals surface area (Å²) in [6, 6.07) is 4.17. The summed E-state index contributed by atoms with van der Waals surface area (Å²) in [6.07, 6.45) is 4.05. The molecule has 2 rings (SSSR count). The molecule has 0 unspecified atom stereocenters. The highest BCUT2D eigenvalue weighted by Crippen LogP contribution is 2.25. The average Bonchev–Trinajstić information content (AvgIpc) is 2.77. The third-order valence-electron chi connectivity index (χ3n) is 2.45. The number of thiophene rings is 1. The maximum atomic E-state index is 5.01. The average molecular weight is 236 g/mol. The smallest absolute Gasteiger partial charge is 0.134 e. The minimum atomic E-state index is 0.831. The van der Waals surface area contributed by atoms with Crippen LogP contribution in [0.1, 0.15) is 12.8 Å². The van der Waals surface area contributed by atoms with E-state index in [2.05, 4.69) is 27.8 Å². The molecular formula is C12H16N2OS. The van der Waals surface area contributed by atoms with Crippen LogP contribution in [0.15, 0.2) is 23.7 Å². The summed E-state index contributed by atoms with van der Waals surface area (Å²) in [5, 5.41) is 6.69. The molecular weight excluding hydrogens is 220 g/mol. The number of hydrogen-bond acceptors (Lipinski definition) is 4. The van der Waals surface area contributed by atoms with E-state index in [4.69, 9.17) is 4.74 Å². The Balaban J connectivity index is 1.91. The molecule has 0 fully saturated rings. The van der Waals surface area contributed by atoms with Crippen LogP contribution in [0.25, 0.3) is 10.1 Å². The van der Waals surface area contributed by atoms with Crippen molar-refractivity contribution in [2.75, 3.05) is 25.6 Å². The highest BCUT2D eigenvalue weighted by atomic mass is 32.1. The van der Waals surface area contributed by atoms with Crippen LogP contribution in [0.5, 0.6) is 0 Å². The van der Waals surface area contributed by atoms with Crippen molar-refractivity contribution in [1.82, 2.24) is 4.98 Å². The van der Waals surface area contributed by atoms with E-state index in [1.54, 1.807) is 18.4 Å². The van der Waals surface area contributed by atoms with Gasteiger partial charge in [-0.3, -0.25) is 0 Å². The van der Waals surface area contributed by atoms with E-state index in [9.17, 15) is 0 Å². The molecule has 0 aromatic carbocycles. The molecule has 0 atom stereocenters. The summed E-state index contributed by atoms with van der Waals surface area (Å²) < 4.78 is 6.30. The molecule has 0 spiro atoms. The van der Waals surface area contributed by atoms with Crippen molar-refractivity contribution in [3.8, 4) is 0 Å². The van der Waals surface area contributed by atoms with Crippen molar-refractivity contribution >= 4 is 27.2 Å². The van der Waals surface area contributed by atoms with Gasteiger partial charge in [0.15, 0.2) is 0 Å². The van der Waals surface area contributed by atoms with Gasteiger partial charge in [0.05, 0.1) is 0 Å². The maximum absolute atomic E-state index is 5.01. The van der Waals surface area contributed by atoms with Gasteiger partial charge in [-0.05, 0) is 30.4 Å². The molecule has 4 heteroatoms. The monoisotopic (exact) mass is 236 g/mol. The third kappa shape index (κ3) is 2.71. The molecule has 1 N–H and O–H groups in total. The van der Waals surface area contributed by atoms with E-state index in [1.165, 1.54) is 10.1 Å². The summed E-state index contributed by atoms with van der Waals surface area (Å²) in [5.74, 6) is 0.996. The number of rotatable bonds is 6. The van der Waals surface area contributed by atoms with Gasteiger partial charge in [-0.25, -0.2) is 4.98 Å². The van der Waals surface area contributed by atoms with Crippen LogP contribution in [-0.4, -0.2) is 25.2 Å². The first-order chi connectivity index (χ1) is 7.92. The molecule has 0 aliphatic rings. The fraction of sp³-hybridized carbons (Fsp3) is 0.417. The zero-order valence-electron chi connectivity index (χ0n) is 9.40. The Morgan fingerprint density at radius 3 is 3.19 bits per heavy atom. The summed E-state index contributed by atoms with van der Waals surface area (Å²) in [5.41, 5.74) is 0. The summed E-state index contributed by atoms with van der Waals surface area (Å²) >= 11 is 1.75. The van der Waals surface area contributed by atoms with E-state index >= 15 is 0 Å². The Labute approximate surface area is 99.5 Å². The van der Waals surface area contributed by atoms with Gasteiger partial charge >= 0.3 is 0 Å². The summed E-state index contributed by atoms with van der Waals surface area (Å²) in [4.78, 5) is 4.36. The van der Waals surface area contributed by atoms with Crippen molar-refractivity contribution in [3.05, 3.63) is 23.7 Å². The van der Waals surface area contributed by atoms with Crippen molar-refractivity contribution in [2.24, 2.45) is 0 Å². The van der Waals surface area contributed by atoms with E-state index < -0.39 is 0 Å². The molecule has 0 radical (unpaired) electrons. The number of hydrogen-bond donors (Lipinski definition) is 1. The second-order valence-electron chi connectivity index (χ2n) is 3.62. The van der Waals surface area contributed by atoms with Crippen LogP contribution in [0.2, 0.25) is 0 Å². The predicted octanol–water partition coefficient (Wildman–Crippen LogP) is 3.13. The standard InChI is InChI=1S/C12H16N2OS/c1-15-8-3-2-6-13-12-10-5-9-16-11(10)4-7-14-12/h4-5,7,9H,2-3,6,8H2,1H3,(H,13,14). The minimum absolute atomic E-state index is 0.831. The zero-order chi connectivity index (χ0) is 11.2. The first-order valence-corrected chi connectivity index (χ1v) is 6.35. The van der Waals surface area contributed by atoms with Gasteiger partial charge < -0.3 is 10.1 Å². The molecule has 0 aliphatic heterocycles. The highest BCUT2D eigenvalue weighted by molar-refractivity contribution is 7.17. The molecule has 16 heavy (non-hydrogen) atoms. The largest absolute Gasteiger partial charge is 0.385 e. The number of nitrogens with one attached hydrogen (secondary N) is 1. The van der Waals surface area contributed by atoms with E-state index in [-0.39, 0.29) is 0 Å². The van der Waals surface area contributed by atoms with Crippen LogP contribution in [0.3, 0.4) is 0 Å². The second kappa shape index (κ2) is 5.82. The van der Waals surface area contributed by atoms with Crippen LogP contribution in [0.4, 0.5) is 5.82 Å². The quantitative estimate of drug-likeness (QED) is 0.782. The number of methoxy groups -OCH3 is 1. The van der Waals surface area contributed by atoms with Crippen LogP contribution < -0.4 is 5.32 Å². The van der Waals surface area contributed by atoms with Gasteiger partial charge in [-0.2, -0.15) is 0 Å². The van der Waals surface area contributed by atoms with E-state index in [0.717, 1.165) is 31.8 Å². The molecule has 0 bridgehead atoms. The SMILES string of the molecule is COCCCCNc1nccc2sccc12. The van der Waals surface area contributed by atoms with Crippen molar-refractivity contribution in [2.45, 2.75) is 12.8 Å². The van der Waals surface area contributed by atoms with Crippen molar-refractivity contribution in [3.63, 3.8) is 0 Å². The lowest BCUT2D eigenvalue weighted by Crippen LogP contribution is -2.04. The maximum Gasteiger partial charge on any atom is 0.134 e. The van der Waals surface area contributed by atoms with Gasteiger partial charge in [0, 0.05) is 36.5 Å². The van der Waals surface area contributed by atoms with Gasteiger partial charge in [-0.15, -0.1) is 11.3 Å². The lowest BCUT2D eigenvalue weighted by molar-refractivity contribution is 0.194. The van der Waals surface area contributed by atoms with Gasteiger partial charge in [0.25, 0.3) is 0 Å². The number of pyridine rings is 1.